The number of nitrogens with zero attached hydrogens (tertiary/aromatic N) is 6. The molecule has 9 nitrogen and oxygen atoms in total. The van der Waals surface area contributed by atoms with E-state index in [0.29, 0.717) is 48.1 Å². The summed E-state index contributed by atoms with van der Waals surface area (Å²) < 4.78 is 7.06. The van der Waals surface area contributed by atoms with Crippen molar-refractivity contribution in [2.24, 2.45) is 0 Å². The average molecular weight is 350 g/mol. The van der Waals surface area contributed by atoms with Crippen LogP contribution < -0.4 is 5.32 Å². The minimum Gasteiger partial charge on any atom is -0.390 e. The predicted molar refractivity (Wildman–Crippen MR) is 88.1 cm³/mol. The lowest BCUT2D eigenvalue weighted by Gasteiger charge is -2.09. The van der Waals surface area contributed by atoms with E-state index in [1.807, 2.05) is 6.92 Å². The van der Waals surface area contributed by atoms with Crippen LogP contribution >= 0.6 is 11.6 Å². The Kier molecular flexibility index (Phi) is 5.14. The van der Waals surface area contributed by atoms with Crippen molar-refractivity contribution in [1.82, 2.24) is 29.7 Å². The monoisotopic (exact) mass is 349 g/mol. The molecule has 3 heterocycles. The topological polar surface area (TPSA) is 111 Å². The third-order valence-electron chi connectivity index (χ3n) is 3.24. The van der Waals surface area contributed by atoms with E-state index < -0.39 is 0 Å². The highest BCUT2D eigenvalue weighted by Crippen LogP contribution is 2.27. The van der Waals surface area contributed by atoms with Gasteiger partial charge in [-0.2, -0.15) is 10.1 Å². The molecule has 0 amide bonds. The summed E-state index contributed by atoms with van der Waals surface area (Å²) >= 11 is 6.01. The first-order chi connectivity index (χ1) is 11.7. The number of aliphatic hydroxyl groups excluding tert-OH is 1. The Bertz CT molecular complexity index is 825. The summed E-state index contributed by atoms with van der Waals surface area (Å²) in [7, 11) is 0. The number of rotatable bonds is 7. The van der Waals surface area contributed by atoms with Crippen molar-refractivity contribution in [3.63, 3.8) is 0 Å². The van der Waals surface area contributed by atoms with Gasteiger partial charge in [0, 0.05) is 19.0 Å². The number of halogens is 1. The van der Waals surface area contributed by atoms with Gasteiger partial charge < -0.3 is 15.2 Å². The van der Waals surface area contributed by atoms with Crippen molar-refractivity contribution in [3.8, 4) is 0 Å². The zero-order valence-corrected chi connectivity index (χ0v) is 13.7. The van der Waals surface area contributed by atoms with Gasteiger partial charge in [-0.15, -0.1) is 0 Å². The lowest BCUT2D eigenvalue weighted by Crippen LogP contribution is -2.09. The molecule has 24 heavy (non-hydrogen) atoms. The molecule has 126 valence electrons. The Balaban J connectivity index is 2.07. The highest BCUT2D eigenvalue weighted by molar-refractivity contribution is 6.28. The first-order valence-electron chi connectivity index (χ1n) is 7.37. The van der Waals surface area contributed by atoms with Crippen molar-refractivity contribution in [2.45, 2.75) is 20.1 Å². The molecule has 3 aromatic rings. The number of hydrogen-bond acceptors (Lipinski definition) is 8. The molecule has 0 unspecified atom stereocenters. The van der Waals surface area contributed by atoms with Gasteiger partial charge in [-0.25, -0.2) is 9.97 Å². The van der Waals surface area contributed by atoms with E-state index in [2.05, 4.69) is 30.4 Å². The maximum atomic E-state index is 9.54. The van der Waals surface area contributed by atoms with Gasteiger partial charge in [0.1, 0.15) is 22.5 Å². The van der Waals surface area contributed by atoms with Crippen molar-refractivity contribution in [3.05, 3.63) is 29.6 Å². The molecule has 0 saturated heterocycles. The standard InChI is InChI=1S/C14H16ClN7O2/c1-2-24-6-5-22-12-11(9(8-23)21-22)19-14(15)20-13(12)18-10-7-16-3-4-17-10/h3-4,7,23H,2,5-6,8H2,1H3,(H,17,18,19,20). The largest absolute Gasteiger partial charge is 0.390 e. The first-order valence-corrected chi connectivity index (χ1v) is 7.75. The lowest BCUT2D eigenvalue weighted by molar-refractivity contribution is 0.137. The van der Waals surface area contributed by atoms with Gasteiger partial charge in [-0.1, -0.05) is 0 Å². The van der Waals surface area contributed by atoms with E-state index in [9.17, 15) is 5.11 Å². The predicted octanol–water partition coefficient (Wildman–Crippen LogP) is 1.54. The maximum absolute atomic E-state index is 9.54. The lowest BCUT2D eigenvalue weighted by atomic mass is 10.3. The van der Waals surface area contributed by atoms with Crippen LogP contribution in [-0.4, -0.2) is 48.0 Å². The highest BCUT2D eigenvalue weighted by Gasteiger charge is 2.18. The fraction of sp³-hybridized carbons (Fsp3) is 0.357. The molecule has 0 bridgehead atoms. The van der Waals surface area contributed by atoms with Crippen LogP contribution in [-0.2, 0) is 17.9 Å². The van der Waals surface area contributed by atoms with Gasteiger partial charge in [0.25, 0.3) is 0 Å². The summed E-state index contributed by atoms with van der Waals surface area (Å²) in [6.45, 7) is 3.25. The van der Waals surface area contributed by atoms with Gasteiger partial charge in [0.05, 0.1) is 26.0 Å². The zero-order valence-electron chi connectivity index (χ0n) is 13.0. The fourth-order valence-electron chi connectivity index (χ4n) is 2.25. The molecule has 0 aliphatic carbocycles. The molecule has 0 radical (unpaired) electrons. The van der Waals surface area contributed by atoms with Crippen LogP contribution in [0.4, 0.5) is 11.6 Å². The third kappa shape index (κ3) is 3.42. The summed E-state index contributed by atoms with van der Waals surface area (Å²) in [6.07, 6.45) is 4.70. The van der Waals surface area contributed by atoms with Gasteiger partial charge in [0.15, 0.2) is 5.82 Å². The normalized spacial score (nSPS) is 11.1. The Labute approximate surface area is 142 Å². The summed E-state index contributed by atoms with van der Waals surface area (Å²) in [4.78, 5) is 16.6. The van der Waals surface area contributed by atoms with Crippen LogP contribution in [0.25, 0.3) is 11.0 Å². The second-order valence-electron chi connectivity index (χ2n) is 4.78. The van der Waals surface area contributed by atoms with Crippen LogP contribution in [0, 0.1) is 0 Å². The molecule has 3 aromatic heterocycles. The van der Waals surface area contributed by atoms with Crippen molar-refractivity contribution >= 4 is 34.3 Å². The quantitative estimate of drug-likeness (QED) is 0.488. The molecule has 0 saturated carbocycles. The second kappa shape index (κ2) is 7.47. The smallest absolute Gasteiger partial charge is 0.225 e. The third-order valence-corrected chi connectivity index (χ3v) is 3.41. The van der Waals surface area contributed by atoms with Gasteiger partial charge in [-0.05, 0) is 18.5 Å². The molecule has 0 atom stereocenters. The summed E-state index contributed by atoms with van der Waals surface area (Å²) in [5.41, 5.74) is 1.53. The molecule has 0 fully saturated rings. The van der Waals surface area contributed by atoms with E-state index in [1.165, 1.54) is 0 Å². The number of ether oxygens (including phenoxy) is 1. The van der Waals surface area contributed by atoms with E-state index >= 15 is 0 Å². The first kappa shape index (κ1) is 16.5. The molecule has 3 rings (SSSR count). The minimum absolute atomic E-state index is 0.0490. The molecule has 0 spiro atoms. The van der Waals surface area contributed by atoms with Gasteiger partial charge >= 0.3 is 0 Å². The number of anilines is 2. The number of aromatic nitrogens is 6. The van der Waals surface area contributed by atoms with Crippen LogP contribution in [0.15, 0.2) is 18.6 Å². The molecular formula is C14H16ClN7O2. The molecule has 2 N–H and O–H groups in total. The SMILES string of the molecule is CCOCCn1nc(CO)c2nc(Cl)nc(Nc3cnccn3)c21. The number of nitrogens with one attached hydrogen (secondary N) is 1. The maximum Gasteiger partial charge on any atom is 0.225 e. The number of fused-ring (bicyclic) bond motifs is 1. The Morgan fingerprint density at radius 2 is 2.21 bits per heavy atom. The van der Waals surface area contributed by atoms with Crippen molar-refractivity contribution in [2.75, 3.05) is 18.5 Å². The Morgan fingerprint density at radius 3 is 2.92 bits per heavy atom. The van der Waals surface area contributed by atoms with Gasteiger partial charge in [-0.3, -0.25) is 9.67 Å². The zero-order chi connectivity index (χ0) is 16.9. The fourth-order valence-corrected chi connectivity index (χ4v) is 2.42. The Morgan fingerprint density at radius 1 is 1.33 bits per heavy atom. The summed E-state index contributed by atoms with van der Waals surface area (Å²) in [6, 6.07) is 0. The number of aliphatic hydroxyl groups is 1. The second-order valence-corrected chi connectivity index (χ2v) is 5.12. The minimum atomic E-state index is -0.254. The van der Waals surface area contributed by atoms with Crippen molar-refractivity contribution in [1.29, 1.82) is 0 Å². The molecule has 10 heteroatoms. The van der Waals surface area contributed by atoms with E-state index in [-0.39, 0.29) is 11.9 Å². The van der Waals surface area contributed by atoms with Crippen LogP contribution in [0.3, 0.4) is 0 Å². The Hall–Kier alpha value is -2.36. The van der Waals surface area contributed by atoms with Crippen LogP contribution in [0.2, 0.25) is 5.28 Å². The van der Waals surface area contributed by atoms with Crippen molar-refractivity contribution < 1.29 is 9.84 Å². The highest BCUT2D eigenvalue weighted by atomic mass is 35.5. The molecule has 0 aliphatic rings. The molecule has 0 aliphatic heterocycles. The van der Waals surface area contributed by atoms with E-state index in [1.54, 1.807) is 23.3 Å². The van der Waals surface area contributed by atoms with E-state index in [4.69, 9.17) is 16.3 Å². The summed E-state index contributed by atoms with van der Waals surface area (Å²) in [5.74, 6) is 0.950. The molecule has 0 aromatic carbocycles. The molecular weight excluding hydrogens is 334 g/mol. The van der Waals surface area contributed by atoms with Crippen LogP contribution in [0.5, 0.6) is 0 Å². The summed E-state index contributed by atoms with van der Waals surface area (Å²) in [5, 5.41) is 17.0. The van der Waals surface area contributed by atoms with Gasteiger partial charge in [0.2, 0.25) is 5.28 Å². The van der Waals surface area contributed by atoms with E-state index in [0.717, 1.165) is 0 Å². The average Bonchev–Trinajstić information content (AvgIpc) is 2.94. The number of hydrogen-bond donors (Lipinski definition) is 2. The van der Waals surface area contributed by atoms with Crippen LogP contribution in [0.1, 0.15) is 12.6 Å².